The molecule has 7 nitrogen and oxygen atoms in total. The van der Waals surface area contributed by atoms with E-state index in [-0.39, 0.29) is 17.6 Å². The molecule has 1 heterocycles. The highest BCUT2D eigenvalue weighted by Crippen LogP contribution is 2.22. The minimum absolute atomic E-state index is 0.108. The zero-order chi connectivity index (χ0) is 18.4. The van der Waals surface area contributed by atoms with Gasteiger partial charge in [-0.25, -0.2) is 19.0 Å². The summed E-state index contributed by atoms with van der Waals surface area (Å²) in [6.45, 7) is 4.46. The van der Waals surface area contributed by atoms with E-state index in [9.17, 15) is 14.0 Å². The molecule has 0 bridgehead atoms. The fourth-order valence-electron chi connectivity index (χ4n) is 2.17. The number of hydrogen-bond donors (Lipinski definition) is 0. The molecule has 0 N–H and O–H groups in total. The highest BCUT2D eigenvalue weighted by atomic mass is 19.1. The number of imidazole rings is 1. The molecule has 0 radical (unpaired) electrons. The fraction of sp³-hybridized carbons (Fsp3) is 0.353. The summed E-state index contributed by atoms with van der Waals surface area (Å²) in [4.78, 5) is 27.3. The van der Waals surface area contributed by atoms with Gasteiger partial charge in [0, 0.05) is 5.56 Å². The Morgan fingerprint density at radius 1 is 1.20 bits per heavy atom. The molecule has 134 valence electrons. The van der Waals surface area contributed by atoms with E-state index in [4.69, 9.17) is 9.47 Å². The summed E-state index contributed by atoms with van der Waals surface area (Å²) in [6.07, 6.45) is 1.43. The molecule has 0 amide bonds. The number of carbonyl (C=O) groups is 2. The van der Waals surface area contributed by atoms with Gasteiger partial charge in [0.15, 0.2) is 0 Å². The molecule has 1 aromatic heterocycles. The Kier molecular flexibility index (Phi) is 6.10. The van der Waals surface area contributed by atoms with Crippen molar-refractivity contribution in [2.45, 2.75) is 32.9 Å². The van der Waals surface area contributed by atoms with E-state index in [2.05, 4.69) is 9.72 Å². The smallest absolute Gasteiger partial charge is 0.431 e. The fourth-order valence-corrected chi connectivity index (χ4v) is 2.17. The Morgan fingerprint density at radius 2 is 1.92 bits per heavy atom. The Bertz CT molecular complexity index is 744. The van der Waals surface area contributed by atoms with Gasteiger partial charge in [0.25, 0.3) is 0 Å². The first-order valence-electron chi connectivity index (χ1n) is 7.67. The Labute approximate surface area is 144 Å². The van der Waals surface area contributed by atoms with Crippen LogP contribution < -0.4 is 0 Å². The van der Waals surface area contributed by atoms with Crippen molar-refractivity contribution in [3.8, 4) is 0 Å². The third-order valence-corrected chi connectivity index (χ3v) is 3.35. The predicted molar refractivity (Wildman–Crippen MR) is 85.4 cm³/mol. The van der Waals surface area contributed by atoms with Crippen molar-refractivity contribution in [3.63, 3.8) is 0 Å². The molecule has 2 aromatic rings. The predicted octanol–water partition coefficient (Wildman–Crippen LogP) is 3.31. The molecule has 8 heteroatoms. The number of halogens is 1. The van der Waals surface area contributed by atoms with Crippen LogP contribution in [-0.2, 0) is 14.2 Å². The monoisotopic (exact) mass is 350 g/mol. The van der Waals surface area contributed by atoms with Crippen molar-refractivity contribution in [2.24, 2.45) is 0 Å². The highest BCUT2D eigenvalue weighted by Gasteiger charge is 2.20. The maximum atomic E-state index is 13.9. The zero-order valence-electron chi connectivity index (χ0n) is 14.1. The maximum Gasteiger partial charge on any atom is 0.511 e. The van der Waals surface area contributed by atoms with Gasteiger partial charge in [-0.1, -0.05) is 18.2 Å². The second-order valence-electron chi connectivity index (χ2n) is 5.49. The lowest BCUT2D eigenvalue weighted by molar-refractivity contribution is -0.0350. The third-order valence-electron chi connectivity index (χ3n) is 3.35. The molecule has 1 aromatic carbocycles. The maximum absolute atomic E-state index is 13.9. The SMILES string of the molecule is CC(C)OC(=O)OCOC(=O)c1cncn1[C@H](C)c1ccccc1F. The number of carbonyl (C=O) groups excluding carboxylic acids is 2. The van der Waals surface area contributed by atoms with Crippen molar-refractivity contribution in [1.82, 2.24) is 9.55 Å². The summed E-state index contributed by atoms with van der Waals surface area (Å²) in [5.74, 6) is -1.14. The van der Waals surface area contributed by atoms with Crippen LogP contribution in [0.1, 0.15) is 42.9 Å². The van der Waals surface area contributed by atoms with Crippen molar-refractivity contribution in [2.75, 3.05) is 6.79 Å². The molecule has 25 heavy (non-hydrogen) atoms. The number of esters is 1. The Hall–Kier alpha value is -2.90. The molecule has 0 fully saturated rings. The van der Waals surface area contributed by atoms with E-state index in [0.717, 1.165) is 0 Å². The third kappa shape index (κ3) is 4.79. The largest absolute Gasteiger partial charge is 0.511 e. The molecular weight excluding hydrogens is 331 g/mol. The van der Waals surface area contributed by atoms with Crippen LogP contribution in [0.5, 0.6) is 0 Å². The lowest BCUT2D eigenvalue weighted by Crippen LogP contribution is -2.19. The van der Waals surface area contributed by atoms with Gasteiger partial charge in [0.2, 0.25) is 6.79 Å². The second-order valence-corrected chi connectivity index (χ2v) is 5.49. The highest BCUT2D eigenvalue weighted by molar-refractivity contribution is 5.87. The molecule has 0 unspecified atom stereocenters. The number of rotatable bonds is 6. The number of hydrogen-bond acceptors (Lipinski definition) is 6. The van der Waals surface area contributed by atoms with E-state index >= 15 is 0 Å². The van der Waals surface area contributed by atoms with Crippen LogP contribution >= 0.6 is 0 Å². The first-order chi connectivity index (χ1) is 11.9. The molecule has 0 aliphatic carbocycles. The van der Waals surface area contributed by atoms with Crippen LogP contribution in [0.15, 0.2) is 36.8 Å². The topological polar surface area (TPSA) is 79.7 Å². The average molecular weight is 350 g/mol. The van der Waals surface area contributed by atoms with Gasteiger partial charge >= 0.3 is 12.1 Å². The van der Waals surface area contributed by atoms with E-state index < -0.39 is 25.0 Å². The lowest BCUT2D eigenvalue weighted by Gasteiger charge is -2.17. The Balaban J connectivity index is 2.02. The van der Waals surface area contributed by atoms with Crippen LogP contribution in [0.4, 0.5) is 9.18 Å². The van der Waals surface area contributed by atoms with E-state index in [1.54, 1.807) is 39.0 Å². The van der Waals surface area contributed by atoms with Crippen molar-refractivity contribution < 1.29 is 28.2 Å². The second kappa shape index (κ2) is 8.27. The van der Waals surface area contributed by atoms with Crippen molar-refractivity contribution >= 4 is 12.1 Å². The normalized spacial score (nSPS) is 11.9. The van der Waals surface area contributed by atoms with Crippen LogP contribution in [0.3, 0.4) is 0 Å². The first kappa shape index (κ1) is 18.4. The molecule has 1 atom stereocenters. The summed E-state index contributed by atoms with van der Waals surface area (Å²) in [6, 6.07) is 5.79. The van der Waals surface area contributed by atoms with Crippen LogP contribution in [0.25, 0.3) is 0 Å². The Morgan fingerprint density at radius 3 is 2.60 bits per heavy atom. The molecule has 0 aliphatic rings. The summed E-state index contributed by atoms with van der Waals surface area (Å²) in [5, 5.41) is 0. The van der Waals surface area contributed by atoms with Gasteiger partial charge < -0.3 is 18.8 Å². The number of aromatic nitrogens is 2. The van der Waals surface area contributed by atoms with Gasteiger partial charge in [-0.15, -0.1) is 0 Å². The van der Waals surface area contributed by atoms with E-state index in [1.807, 2.05) is 0 Å². The first-order valence-corrected chi connectivity index (χ1v) is 7.67. The molecular formula is C17H19FN2O5. The minimum Gasteiger partial charge on any atom is -0.431 e. The lowest BCUT2D eigenvalue weighted by atomic mass is 10.1. The summed E-state index contributed by atoms with van der Waals surface area (Å²) < 4.78 is 29.7. The number of benzene rings is 1. The van der Waals surface area contributed by atoms with Gasteiger partial charge in [-0.2, -0.15) is 0 Å². The molecule has 2 rings (SSSR count). The quantitative estimate of drug-likeness (QED) is 0.587. The van der Waals surface area contributed by atoms with Crippen molar-refractivity contribution in [3.05, 3.63) is 53.9 Å². The summed E-state index contributed by atoms with van der Waals surface area (Å²) >= 11 is 0. The standard InChI is InChI=1S/C17H19FN2O5/c1-11(2)25-17(22)24-10-23-16(21)15-8-19-9-20(15)12(3)13-6-4-5-7-14(13)18/h4-9,11-12H,10H2,1-3H3/t12-/m1/s1. The van der Waals surface area contributed by atoms with Gasteiger partial charge in [0.05, 0.1) is 24.7 Å². The number of nitrogens with zero attached hydrogens (tertiary/aromatic N) is 2. The van der Waals surface area contributed by atoms with Crippen molar-refractivity contribution in [1.29, 1.82) is 0 Å². The van der Waals surface area contributed by atoms with Crippen LogP contribution in [0.2, 0.25) is 0 Å². The summed E-state index contributed by atoms with van der Waals surface area (Å²) in [7, 11) is 0. The molecule has 0 saturated heterocycles. The van der Waals surface area contributed by atoms with Crippen LogP contribution in [-0.4, -0.2) is 34.6 Å². The summed E-state index contributed by atoms with van der Waals surface area (Å²) in [5.41, 5.74) is 0.517. The van der Waals surface area contributed by atoms with Crippen LogP contribution in [0, 0.1) is 5.82 Å². The molecule has 0 aliphatic heterocycles. The van der Waals surface area contributed by atoms with Gasteiger partial charge in [-0.05, 0) is 26.8 Å². The molecule has 0 spiro atoms. The minimum atomic E-state index is -0.934. The average Bonchev–Trinajstić information content (AvgIpc) is 3.03. The number of ether oxygens (including phenoxy) is 3. The van der Waals surface area contributed by atoms with E-state index in [1.165, 1.54) is 23.2 Å². The van der Waals surface area contributed by atoms with Gasteiger partial charge in [0.1, 0.15) is 11.5 Å². The van der Waals surface area contributed by atoms with E-state index in [0.29, 0.717) is 5.56 Å². The van der Waals surface area contributed by atoms with Gasteiger partial charge in [-0.3, -0.25) is 0 Å². The zero-order valence-corrected chi connectivity index (χ0v) is 14.1. The molecule has 0 saturated carbocycles.